The third-order valence-electron chi connectivity index (χ3n) is 3.17. The molecule has 1 unspecified atom stereocenters. The lowest BCUT2D eigenvalue weighted by Crippen LogP contribution is -2.29. The number of aliphatic hydroxyl groups excluding tert-OH is 1. The zero-order valence-electron chi connectivity index (χ0n) is 10.5. The SMILES string of the molecule is O=S(=O)(Cc1cccc(F)c1)NCCC(O)C1CC1. The van der Waals surface area contributed by atoms with E-state index in [1.165, 1.54) is 18.2 Å². The fraction of sp³-hybridized carbons (Fsp3) is 0.538. The van der Waals surface area contributed by atoms with E-state index in [2.05, 4.69) is 4.72 Å². The van der Waals surface area contributed by atoms with E-state index in [0.717, 1.165) is 12.8 Å². The molecule has 1 fully saturated rings. The van der Waals surface area contributed by atoms with E-state index in [9.17, 15) is 17.9 Å². The smallest absolute Gasteiger partial charge is 0.215 e. The molecule has 1 aliphatic rings. The van der Waals surface area contributed by atoms with Crippen molar-refractivity contribution in [2.24, 2.45) is 5.92 Å². The molecule has 0 amide bonds. The molecule has 0 aliphatic heterocycles. The van der Waals surface area contributed by atoms with Gasteiger partial charge in [0.05, 0.1) is 11.9 Å². The van der Waals surface area contributed by atoms with Crippen LogP contribution in [0.2, 0.25) is 0 Å². The van der Waals surface area contributed by atoms with Gasteiger partial charge in [0.25, 0.3) is 0 Å². The van der Waals surface area contributed by atoms with Crippen LogP contribution in [0.4, 0.5) is 4.39 Å². The first kappa shape index (κ1) is 14.4. The van der Waals surface area contributed by atoms with Crippen molar-refractivity contribution in [2.45, 2.75) is 31.1 Å². The van der Waals surface area contributed by atoms with Gasteiger partial charge in [-0.15, -0.1) is 0 Å². The summed E-state index contributed by atoms with van der Waals surface area (Å²) in [6, 6.07) is 5.53. The summed E-state index contributed by atoms with van der Waals surface area (Å²) in [4.78, 5) is 0. The molecule has 2 rings (SSSR count). The van der Waals surface area contributed by atoms with E-state index in [-0.39, 0.29) is 12.3 Å². The third-order valence-corrected chi connectivity index (χ3v) is 4.53. The quantitative estimate of drug-likeness (QED) is 0.797. The predicted octanol–water partition coefficient (Wildman–Crippen LogP) is 1.41. The number of hydrogen-bond acceptors (Lipinski definition) is 3. The van der Waals surface area contributed by atoms with Gasteiger partial charge in [-0.05, 0) is 42.9 Å². The fourth-order valence-corrected chi connectivity index (χ4v) is 3.13. The van der Waals surface area contributed by atoms with E-state index >= 15 is 0 Å². The van der Waals surface area contributed by atoms with Crippen molar-refractivity contribution in [2.75, 3.05) is 6.54 Å². The average molecular weight is 287 g/mol. The van der Waals surface area contributed by atoms with Gasteiger partial charge < -0.3 is 5.11 Å². The lowest BCUT2D eigenvalue weighted by Gasteiger charge is -2.10. The Bertz CT molecular complexity index is 528. The number of nitrogens with one attached hydrogen (secondary N) is 1. The third kappa shape index (κ3) is 4.89. The summed E-state index contributed by atoms with van der Waals surface area (Å²) in [7, 11) is -3.48. The monoisotopic (exact) mass is 287 g/mol. The summed E-state index contributed by atoms with van der Waals surface area (Å²) in [6.07, 6.45) is 2.05. The number of aliphatic hydroxyl groups is 1. The van der Waals surface area contributed by atoms with Gasteiger partial charge in [-0.2, -0.15) is 0 Å². The Morgan fingerprint density at radius 2 is 2.16 bits per heavy atom. The second-order valence-corrected chi connectivity index (χ2v) is 6.78. The maximum absolute atomic E-state index is 12.9. The van der Waals surface area contributed by atoms with Crippen molar-refractivity contribution in [3.05, 3.63) is 35.6 Å². The normalized spacial score (nSPS) is 17.4. The topological polar surface area (TPSA) is 66.4 Å². The summed E-state index contributed by atoms with van der Waals surface area (Å²) in [6.45, 7) is 0.218. The van der Waals surface area contributed by atoms with Crippen LogP contribution in [-0.2, 0) is 15.8 Å². The van der Waals surface area contributed by atoms with Gasteiger partial charge in [0.2, 0.25) is 10.0 Å². The maximum Gasteiger partial charge on any atom is 0.215 e. The molecule has 6 heteroatoms. The van der Waals surface area contributed by atoms with Crippen molar-refractivity contribution in [3.8, 4) is 0 Å². The van der Waals surface area contributed by atoms with Gasteiger partial charge in [-0.25, -0.2) is 17.5 Å². The first-order chi connectivity index (χ1) is 8.96. The molecule has 0 bridgehead atoms. The zero-order valence-corrected chi connectivity index (χ0v) is 11.4. The second-order valence-electron chi connectivity index (χ2n) is 4.98. The molecule has 0 spiro atoms. The summed E-state index contributed by atoms with van der Waals surface area (Å²) in [5, 5.41) is 9.63. The number of hydrogen-bond donors (Lipinski definition) is 2. The van der Waals surface area contributed by atoms with Crippen molar-refractivity contribution >= 4 is 10.0 Å². The highest BCUT2D eigenvalue weighted by molar-refractivity contribution is 7.88. The van der Waals surface area contributed by atoms with Gasteiger partial charge in [0.1, 0.15) is 5.82 Å². The summed E-state index contributed by atoms with van der Waals surface area (Å²) in [5.41, 5.74) is 0.412. The first-order valence-electron chi connectivity index (χ1n) is 6.36. The highest BCUT2D eigenvalue weighted by Crippen LogP contribution is 2.33. The largest absolute Gasteiger partial charge is 0.393 e. The average Bonchev–Trinajstić information content (AvgIpc) is 3.11. The first-order valence-corrected chi connectivity index (χ1v) is 8.01. The summed E-state index contributed by atoms with van der Waals surface area (Å²) in [5.74, 6) is -0.353. The Kier molecular flexibility index (Phi) is 4.54. The Balaban J connectivity index is 1.81. The molecule has 1 atom stereocenters. The molecular weight excluding hydrogens is 269 g/mol. The summed E-state index contributed by atoms with van der Waals surface area (Å²) < 4.78 is 38.9. The van der Waals surface area contributed by atoms with Crippen LogP contribution in [-0.4, -0.2) is 26.2 Å². The fourth-order valence-electron chi connectivity index (χ4n) is 1.98. The minimum absolute atomic E-state index is 0.218. The van der Waals surface area contributed by atoms with E-state index in [0.29, 0.717) is 17.9 Å². The van der Waals surface area contributed by atoms with Crippen LogP contribution in [0.1, 0.15) is 24.8 Å². The molecule has 1 saturated carbocycles. The molecule has 0 saturated heterocycles. The summed E-state index contributed by atoms with van der Waals surface area (Å²) >= 11 is 0. The minimum Gasteiger partial charge on any atom is -0.393 e. The second kappa shape index (κ2) is 5.98. The van der Waals surface area contributed by atoms with Crippen LogP contribution in [0.25, 0.3) is 0 Å². The molecule has 0 radical (unpaired) electrons. The minimum atomic E-state index is -3.48. The van der Waals surface area contributed by atoms with Crippen molar-refractivity contribution in [3.63, 3.8) is 0 Å². The molecule has 0 heterocycles. The van der Waals surface area contributed by atoms with Gasteiger partial charge in [-0.3, -0.25) is 0 Å². The predicted molar refractivity (Wildman–Crippen MR) is 70.4 cm³/mol. The Morgan fingerprint density at radius 1 is 1.42 bits per heavy atom. The van der Waals surface area contributed by atoms with Crippen molar-refractivity contribution < 1.29 is 17.9 Å². The van der Waals surface area contributed by atoms with Crippen molar-refractivity contribution in [1.29, 1.82) is 0 Å². The Hall–Kier alpha value is -0.980. The van der Waals surface area contributed by atoms with Gasteiger partial charge in [0.15, 0.2) is 0 Å². The van der Waals surface area contributed by atoms with Crippen LogP contribution in [0.5, 0.6) is 0 Å². The van der Waals surface area contributed by atoms with Crippen LogP contribution < -0.4 is 4.72 Å². The number of halogens is 1. The zero-order chi connectivity index (χ0) is 13.9. The molecule has 106 valence electrons. The van der Waals surface area contributed by atoms with Crippen LogP contribution >= 0.6 is 0 Å². The Labute approximate surface area is 112 Å². The molecule has 0 aromatic heterocycles. The van der Waals surface area contributed by atoms with E-state index in [1.54, 1.807) is 6.07 Å². The molecule has 1 aliphatic carbocycles. The standard InChI is InChI=1S/C13H18FNO3S/c14-12-3-1-2-10(8-12)9-19(17,18)15-7-6-13(16)11-4-5-11/h1-3,8,11,13,15-16H,4-7,9H2. The van der Waals surface area contributed by atoms with Gasteiger partial charge in [0, 0.05) is 6.54 Å². The molecule has 1 aromatic carbocycles. The molecule has 2 N–H and O–H groups in total. The lowest BCUT2D eigenvalue weighted by atomic mass is 10.2. The number of sulfonamides is 1. The van der Waals surface area contributed by atoms with Gasteiger partial charge >= 0.3 is 0 Å². The molecule has 1 aromatic rings. The van der Waals surface area contributed by atoms with E-state index < -0.39 is 21.9 Å². The highest BCUT2D eigenvalue weighted by Gasteiger charge is 2.29. The maximum atomic E-state index is 12.9. The van der Waals surface area contributed by atoms with E-state index in [1.807, 2.05) is 0 Å². The van der Waals surface area contributed by atoms with E-state index in [4.69, 9.17) is 0 Å². The van der Waals surface area contributed by atoms with Crippen LogP contribution in [0, 0.1) is 11.7 Å². The molecule has 4 nitrogen and oxygen atoms in total. The Morgan fingerprint density at radius 3 is 2.79 bits per heavy atom. The molecular formula is C13H18FNO3S. The molecule has 19 heavy (non-hydrogen) atoms. The number of benzene rings is 1. The van der Waals surface area contributed by atoms with Crippen LogP contribution in [0.3, 0.4) is 0 Å². The van der Waals surface area contributed by atoms with Gasteiger partial charge in [-0.1, -0.05) is 12.1 Å². The lowest BCUT2D eigenvalue weighted by molar-refractivity contribution is 0.143. The van der Waals surface area contributed by atoms with Crippen LogP contribution in [0.15, 0.2) is 24.3 Å². The number of rotatable bonds is 7. The highest BCUT2D eigenvalue weighted by atomic mass is 32.2. The van der Waals surface area contributed by atoms with Crippen molar-refractivity contribution in [1.82, 2.24) is 4.72 Å².